The number of Topliss-reactive ketones (excluding diaryl/α,β-unsaturated/α-hetero) is 1. The molecule has 0 aliphatic heterocycles. The minimum Gasteiger partial charge on any atom is -0.394 e. The Kier molecular flexibility index (Phi) is 7.59. The molecule has 100 valence electrons. The van der Waals surface area contributed by atoms with Crippen LogP contribution in [0, 0.1) is 0 Å². The van der Waals surface area contributed by atoms with Gasteiger partial charge in [0.05, 0.1) is 6.61 Å². The molecular weight excluding hydrogens is 234 g/mol. The number of hydrogen-bond donors (Lipinski definition) is 6. The first kappa shape index (κ1) is 15.9. The number of aliphatic hydroxyl groups excluding tert-OH is 5. The number of aliphatic hydroxyl groups is 5. The van der Waals surface area contributed by atoms with Crippen LogP contribution in [-0.4, -0.2) is 75.3 Å². The first-order valence-corrected chi connectivity index (χ1v) is 4.98. The Bertz CT molecular complexity index is 247. The van der Waals surface area contributed by atoms with Crippen molar-refractivity contribution in [3.8, 4) is 0 Å². The molecule has 4 atom stereocenters. The number of carbonyl (C=O) groups excluding carboxylic acids is 2. The van der Waals surface area contributed by atoms with E-state index in [2.05, 4.69) is 5.32 Å². The fourth-order valence-electron chi connectivity index (χ4n) is 1.12. The van der Waals surface area contributed by atoms with Crippen LogP contribution in [0.3, 0.4) is 0 Å². The number of rotatable bonds is 9. The van der Waals surface area contributed by atoms with Crippen LogP contribution in [0.15, 0.2) is 0 Å². The standard InChI is InChI=1S/C9H17NO7/c11-3-6(14)8(16)9(17)7(15)5(13)1-2-10-4-12/h4,6-9,11,14-17H,1-3H2,(H,10,12)/t6-,7-,8-,9-/m1/s1. The lowest BCUT2D eigenvalue weighted by atomic mass is 9.99. The summed E-state index contributed by atoms with van der Waals surface area (Å²) in [5.41, 5.74) is 0. The summed E-state index contributed by atoms with van der Waals surface area (Å²) in [5, 5.41) is 47.6. The highest BCUT2D eigenvalue weighted by Crippen LogP contribution is 2.07. The molecule has 0 unspecified atom stereocenters. The molecule has 8 heteroatoms. The summed E-state index contributed by atoms with van der Waals surface area (Å²) < 4.78 is 0. The Morgan fingerprint density at radius 1 is 1.18 bits per heavy atom. The van der Waals surface area contributed by atoms with E-state index in [0.717, 1.165) is 0 Å². The fraction of sp³-hybridized carbons (Fsp3) is 0.778. The molecule has 0 fully saturated rings. The van der Waals surface area contributed by atoms with Gasteiger partial charge < -0.3 is 30.8 Å². The lowest BCUT2D eigenvalue weighted by Gasteiger charge is -2.24. The van der Waals surface area contributed by atoms with Gasteiger partial charge in [0.1, 0.15) is 24.4 Å². The van der Waals surface area contributed by atoms with Gasteiger partial charge in [0.2, 0.25) is 6.41 Å². The van der Waals surface area contributed by atoms with Crippen LogP contribution in [0.25, 0.3) is 0 Å². The fourth-order valence-corrected chi connectivity index (χ4v) is 1.12. The maximum Gasteiger partial charge on any atom is 0.207 e. The van der Waals surface area contributed by atoms with Gasteiger partial charge in [-0.2, -0.15) is 0 Å². The van der Waals surface area contributed by atoms with E-state index in [-0.39, 0.29) is 13.0 Å². The average molecular weight is 251 g/mol. The van der Waals surface area contributed by atoms with E-state index in [9.17, 15) is 24.9 Å². The monoisotopic (exact) mass is 251 g/mol. The number of carbonyl (C=O) groups is 2. The molecule has 1 amide bonds. The van der Waals surface area contributed by atoms with E-state index in [1.807, 2.05) is 0 Å². The highest BCUT2D eigenvalue weighted by molar-refractivity contribution is 5.83. The van der Waals surface area contributed by atoms with Gasteiger partial charge in [-0.05, 0) is 0 Å². The van der Waals surface area contributed by atoms with Crippen molar-refractivity contribution in [2.45, 2.75) is 30.8 Å². The van der Waals surface area contributed by atoms with Crippen LogP contribution >= 0.6 is 0 Å². The maximum absolute atomic E-state index is 11.3. The molecule has 0 aromatic carbocycles. The normalized spacial score (nSPS) is 17.9. The van der Waals surface area contributed by atoms with E-state index in [1.165, 1.54) is 0 Å². The van der Waals surface area contributed by atoms with Crippen LogP contribution in [-0.2, 0) is 9.59 Å². The van der Waals surface area contributed by atoms with Gasteiger partial charge in [-0.1, -0.05) is 0 Å². The summed E-state index contributed by atoms with van der Waals surface area (Å²) in [5.74, 6) is -0.795. The summed E-state index contributed by atoms with van der Waals surface area (Å²) in [6.45, 7) is -0.823. The van der Waals surface area contributed by atoms with Gasteiger partial charge in [0, 0.05) is 13.0 Å². The second-order valence-electron chi connectivity index (χ2n) is 3.46. The van der Waals surface area contributed by atoms with Crippen LogP contribution < -0.4 is 5.32 Å². The molecule has 0 aliphatic rings. The Hall–Kier alpha value is -1.06. The second-order valence-corrected chi connectivity index (χ2v) is 3.46. The van der Waals surface area contributed by atoms with Gasteiger partial charge in [-0.25, -0.2) is 0 Å². The lowest BCUT2D eigenvalue weighted by molar-refractivity contribution is -0.146. The SMILES string of the molecule is O=CNCCC(=O)[C@@H](O)[C@@H](O)[C@H](O)[C@H](O)CO. The van der Waals surface area contributed by atoms with E-state index < -0.39 is 36.8 Å². The molecule has 0 bridgehead atoms. The van der Waals surface area contributed by atoms with E-state index >= 15 is 0 Å². The minimum absolute atomic E-state index is 0.00916. The highest BCUT2D eigenvalue weighted by Gasteiger charge is 2.33. The molecule has 0 saturated heterocycles. The smallest absolute Gasteiger partial charge is 0.207 e. The second kappa shape index (κ2) is 8.09. The van der Waals surface area contributed by atoms with Gasteiger partial charge in [0.25, 0.3) is 0 Å². The van der Waals surface area contributed by atoms with Crippen molar-refractivity contribution in [1.82, 2.24) is 5.32 Å². The molecule has 0 rings (SSSR count). The Balaban J connectivity index is 4.22. The van der Waals surface area contributed by atoms with Crippen LogP contribution in [0.2, 0.25) is 0 Å². The van der Waals surface area contributed by atoms with Crippen molar-refractivity contribution in [2.24, 2.45) is 0 Å². The van der Waals surface area contributed by atoms with Crippen LogP contribution in [0.4, 0.5) is 0 Å². The number of nitrogens with one attached hydrogen (secondary N) is 1. The minimum atomic E-state index is -1.90. The molecule has 0 aliphatic carbocycles. The zero-order chi connectivity index (χ0) is 13.4. The third-order valence-corrected chi connectivity index (χ3v) is 2.18. The topological polar surface area (TPSA) is 147 Å². The molecule has 0 spiro atoms. The van der Waals surface area contributed by atoms with Crippen molar-refractivity contribution >= 4 is 12.2 Å². The Morgan fingerprint density at radius 2 is 1.76 bits per heavy atom. The van der Waals surface area contributed by atoms with Crippen molar-refractivity contribution in [2.75, 3.05) is 13.2 Å². The Morgan fingerprint density at radius 3 is 2.24 bits per heavy atom. The molecule has 17 heavy (non-hydrogen) atoms. The van der Waals surface area contributed by atoms with Crippen molar-refractivity contribution in [1.29, 1.82) is 0 Å². The van der Waals surface area contributed by atoms with E-state index in [0.29, 0.717) is 6.41 Å². The van der Waals surface area contributed by atoms with Crippen molar-refractivity contribution in [3.63, 3.8) is 0 Å². The average Bonchev–Trinajstić information content (AvgIpc) is 2.35. The van der Waals surface area contributed by atoms with E-state index in [4.69, 9.17) is 10.2 Å². The molecule has 0 heterocycles. The number of amides is 1. The zero-order valence-electron chi connectivity index (χ0n) is 9.06. The molecule has 0 radical (unpaired) electrons. The van der Waals surface area contributed by atoms with Crippen LogP contribution in [0.5, 0.6) is 0 Å². The first-order chi connectivity index (χ1) is 7.95. The van der Waals surface area contributed by atoms with Crippen molar-refractivity contribution < 1.29 is 35.1 Å². The summed E-state index contributed by atoms with van der Waals surface area (Å²) in [6.07, 6.45) is -7.13. The molecule has 8 nitrogen and oxygen atoms in total. The zero-order valence-corrected chi connectivity index (χ0v) is 9.06. The number of hydrogen-bond acceptors (Lipinski definition) is 7. The molecule has 6 N–H and O–H groups in total. The summed E-state index contributed by atoms with van der Waals surface area (Å²) in [7, 11) is 0. The van der Waals surface area contributed by atoms with Crippen LogP contribution in [0.1, 0.15) is 6.42 Å². The lowest BCUT2D eigenvalue weighted by Crippen LogP contribution is -2.48. The summed E-state index contributed by atoms with van der Waals surface area (Å²) in [6, 6.07) is 0. The van der Waals surface area contributed by atoms with Crippen molar-refractivity contribution in [3.05, 3.63) is 0 Å². The summed E-state index contributed by atoms with van der Waals surface area (Å²) >= 11 is 0. The third-order valence-electron chi connectivity index (χ3n) is 2.18. The molecule has 0 saturated carbocycles. The molecule has 0 aromatic rings. The predicted molar refractivity (Wildman–Crippen MR) is 54.8 cm³/mol. The Labute approximate surface area is 97.5 Å². The number of ketones is 1. The van der Waals surface area contributed by atoms with Gasteiger partial charge in [0.15, 0.2) is 5.78 Å². The predicted octanol–water partition coefficient (Wildman–Crippen LogP) is -3.87. The quantitative estimate of drug-likeness (QED) is 0.181. The molecular formula is C9H17NO7. The highest BCUT2D eigenvalue weighted by atomic mass is 16.4. The van der Waals surface area contributed by atoms with E-state index in [1.54, 1.807) is 0 Å². The molecule has 0 aromatic heterocycles. The van der Waals surface area contributed by atoms with Gasteiger partial charge in [-0.3, -0.25) is 9.59 Å². The third kappa shape index (κ3) is 5.20. The van der Waals surface area contributed by atoms with Gasteiger partial charge >= 0.3 is 0 Å². The summed E-state index contributed by atoms with van der Waals surface area (Å²) in [4.78, 5) is 21.1. The first-order valence-electron chi connectivity index (χ1n) is 4.98. The maximum atomic E-state index is 11.3. The largest absolute Gasteiger partial charge is 0.394 e. The van der Waals surface area contributed by atoms with Gasteiger partial charge in [-0.15, -0.1) is 0 Å².